The Kier molecular flexibility index (Phi) is 8.88. The van der Waals surface area contributed by atoms with Crippen LogP contribution in [0.5, 0.6) is 0 Å². The number of pyridine rings is 1. The third kappa shape index (κ3) is 6.26. The molecular formula is C62H40N4. The van der Waals surface area contributed by atoms with Crippen LogP contribution in [0.4, 0.5) is 0 Å². The number of hydrogen-bond acceptors (Lipinski definition) is 3. The van der Waals surface area contributed by atoms with Crippen molar-refractivity contribution in [3.63, 3.8) is 0 Å². The van der Waals surface area contributed by atoms with Crippen molar-refractivity contribution >= 4 is 70.6 Å². The lowest BCUT2D eigenvalue weighted by molar-refractivity contribution is 1.16. The molecule has 0 saturated carbocycles. The summed E-state index contributed by atoms with van der Waals surface area (Å²) < 4.78 is 2.41. The largest absolute Gasteiger partial charge is 0.307 e. The summed E-state index contributed by atoms with van der Waals surface area (Å²) in [6.07, 6.45) is 11.8. The van der Waals surface area contributed by atoms with Crippen LogP contribution in [0.15, 0.2) is 231 Å². The predicted octanol–water partition coefficient (Wildman–Crippen LogP) is 16.1. The van der Waals surface area contributed by atoms with Crippen molar-refractivity contribution in [2.24, 2.45) is 0 Å². The smallest absolute Gasteiger partial charge is 0.160 e. The van der Waals surface area contributed by atoms with Crippen LogP contribution in [0.2, 0.25) is 0 Å². The lowest BCUT2D eigenvalue weighted by atomic mass is 9.92. The van der Waals surface area contributed by atoms with Gasteiger partial charge in [-0.05, 0) is 86.3 Å². The Bertz CT molecular complexity index is 3950. The second kappa shape index (κ2) is 15.5. The van der Waals surface area contributed by atoms with Crippen LogP contribution in [-0.4, -0.2) is 19.5 Å². The van der Waals surface area contributed by atoms with Crippen LogP contribution < -0.4 is 0 Å². The summed E-state index contributed by atoms with van der Waals surface area (Å²) in [5.74, 6) is 0.688. The molecule has 0 unspecified atom stereocenters. The first-order valence-corrected chi connectivity index (χ1v) is 22.6. The van der Waals surface area contributed by atoms with Gasteiger partial charge in [0, 0.05) is 44.1 Å². The molecule has 3 heterocycles. The molecule has 0 saturated heterocycles. The third-order valence-corrected chi connectivity index (χ3v) is 13.2. The van der Waals surface area contributed by atoms with E-state index < -0.39 is 0 Å². The fraction of sp³-hybridized carbons (Fsp3) is 0.0161. The van der Waals surface area contributed by atoms with E-state index >= 15 is 0 Å². The van der Waals surface area contributed by atoms with Crippen molar-refractivity contribution in [2.75, 3.05) is 0 Å². The van der Waals surface area contributed by atoms with E-state index in [4.69, 9.17) is 15.0 Å². The second-order valence-electron chi connectivity index (χ2n) is 17.0. The molecule has 308 valence electrons. The fourth-order valence-corrected chi connectivity index (χ4v) is 10.1. The summed E-state index contributed by atoms with van der Waals surface area (Å²) in [6, 6.07) is 71.7. The van der Waals surface area contributed by atoms with Crippen molar-refractivity contribution in [1.82, 2.24) is 19.5 Å². The van der Waals surface area contributed by atoms with Gasteiger partial charge in [-0.2, -0.15) is 0 Å². The highest BCUT2D eigenvalue weighted by Gasteiger charge is 2.22. The van der Waals surface area contributed by atoms with Crippen LogP contribution in [0.25, 0.3) is 121 Å². The Morgan fingerprint density at radius 2 is 0.955 bits per heavy atom. The molecule has 1 aliphatic carbocycles. The zero-order valence-corrected chi connectivity index (χ0v) is 35.9. The predicted molar refractivity (Wildman–Crippen MR) is 277 cm³/mol. The summed E-state index contributed by atoms with van der Waals surface area (Å²) in [5.41, 5.74) is 13.4. The lowest BCUT2D eigenvalue weighted by Gasteiger charge is -2.15. The molecule has 1 aliphatic rings. The van der Waals surface area contributed by atoms with Crippen LogP contribution >= 0.6 is 0 Å². The van der Waals surface area contributed by atoms with Crippen LogP contribution in [0.3, 0.4) is 0 Å². The Labute approximate surface area is 381 Å². The van der Waals surface area contributed by atoms with Crippen LogP contribution in [0, 0.1) is 0 Å². The normalized spacial score (nSPS) is 12.8. The average Bonchev–Trinajstić information content (AvgIpc) is 3.50. The van der Waals surface area contributed by atoms with Crippen molar-refractivity contribution in [3.8, 4) is 50.8 Å². The number of nitrogens with zero attached hydrogens (tertiary/aromatic N) is 4. The quantitative estimate of drug-likeness (QED) is 0.157. The number of fused-ring (bicyclic) bond motifs is 11. The number of aromatic nitrogens is 4. The third-order valence-electron chi connectivity index (χ3n) is 13.2. The SMILES string of the molecule is C1=CCC=CC(c2ccc(-c3nc(-c4ccccc4)cc(-c4ccc(-n5c6ccccc6c6c7ccccc7nc(-c7ccc8c9ccccc9c9ccccc9c8c7)c65)cc4)n3)cc2)=C1. The summed E-state index contributed by atoms with van der Waals surface area (Å²) in [6.45, 7) is 0. The van der Waals surface area contributed by atoms with Gasteiger partial charge in [0.25, 0.3) is 0 Å². The summed E-state index contributed by atoms with van der Waals surface area (Å²) >= 11 is 0. The van der Waals surface area contributed by atoms with Crippen molar-refractivity contribution < 1.29 is 0 Å². The van der Waals surface area contributed by atoms with Gasteiger partial charge in [0.2, 0.25) is 0 Å². The first-order valence-electron chi connectivity index (χ1n) is 22.6. The standard InChI is InChI=1S/C62H40N4/c1-2-5-17-40(16-4-1)41-28-30-44(31-29-41)62-64-56(42-18-6-3-7-19-42)39-57(65-62)43-32-35-46(36-33-43)66-58-27-15-13-25-53(58)59-52-24-12-14-26-55(52)63-60(61(59)66)45-34-37-51-49-22-9-8-20-47(49)48-21-10-11-23-50(48)54(51)38-45/h1,3-39H,2H2. The molecule has 0 aliphatic heterocycles. The number of rotatable bonds is 6. The number of para-hydroxylation sites is 2. The molecule has 12 aromatic rings. The summed E-state index contributed by atoms with van der Waals surface area (Å²) in [4.78, 5) is 15.9. The highest BCUT2D eigenvalue weighted by molar-refractivity contribution is 6.27. The maximum absolute atomic E-state index is 5.54. The van der Waals surface area contributed by atoms with Gasteiger partial charge in [0.15, 0.2) is 5.82 Å². The molecule has 0 atom stereocenters. The minimum Gasteiger partial charge on any atom is -0.307 e. The Morgan fingerprint density at radius 3 is 1.68 bits per heavy atom. The Hall–Kier alpha value is -8.73. The van der Waals surface area contributed by atoms with Gasteiger partial charge in [0.05, 0.1) is 33.6 Å². The average molecular weight is 841 g/mol. The zero-order valence-electron chi connectivity index (χ0n) is 35.9. The minimum absolute atomic E-state index is 0.688. The minimum atomic E-state index is 0.688. The molecule has 0 spiro atoms. The molecule has 0 fully saturated rings. The maximum atomic E-state index is 5.54. The van der Waals surface area contributed by atoms with Crippen molar-refractivity contribution in [3.05, 3.63) is 236 Å². The molecule has 0 radical (unpaired) electrons. The van der Waals surface area contributed by atoms with Gasteiger partial charge in [-0.15, -0.1) is 0 Å². The second-order valence-corrected chi connectivity index (χ2v) is 17.0. The molecule has 0 bridgehead atoms. The highest BCUT2D eigenvalue weighted by atomic mass is 15.0. The topological polar surface area (TPSA) is 43.6 Å². The first-order chi connectivity index (χ1) is 32.7. The van der Waals surface area contributed by atoms with E-state index in [1.54, 1.807) is 0 Å². The van der Waals surface area contributed by atoms with Crippen molar-refractivity contribution in [2.45, 2.75) is 6.42 Å². The monoisotopic (exact) mass is 840 g/mol. The number of hydrogen-bond donors (Lipinski definition) is 0. The molecule has 3 aromatic heterocycles. The van der Waals surface area contributed by atoms with Crippen LogP contribution in [-0.2, 0) is 0 Å². The zero-order chi connectivity index (χ0) is 43.6. The molecule has 0 amide bonds. The first kappa shape index (κ1) is 37.8. The molecule has 0 N–H and O–H groups in total. The van der Waals surface area contributed by atoms with E-state index in [2.05, 4.69) is 229 Å². The molecule has 9 aromatic carbocycles. The molecule has 4 heteroatoms. The van der Waals surface area contributed by atoms with Crippen molar-refractivity contribution in [1.29, 1.82) is 0 Å². The highest BCUT2D eigenvalue weighted by Crippen LogP contribution is 2.43. The van der Waals surface area contributed by atoms with E-state index in [1.165, 1.54) is 48.7 Å². The van der Waals surface area contributed by atoms with Crippen LogP contribution in [0.1, 0.15) is 12.0 Å². The van der Waals surface area contributed by atoms with E-state index in [9.17, 15) is 0 Å². The molecule has 4 nitrogen and oxygen atoms in total. The van der Waals surface area contributed by atoms with Gasteiger partial charge >= 0.3 is 0 Å². The lowest BCUT2D eigenvalue weighted by Crippen LogP contribution is -1.99. The number of benzene rings is 9. The fourth-order valence-electron chi connectivity index (χ4n) is 10.1. The van der Waals surface area contributed by atoms with Gasteiger partial charge in [-0.1, -0.05) is 194 Å². The molecule has 13 rings (SSSR count). The summed E-state index contributed by atoms with van der Waals surface area (Å²) in [5, 5.41) is 11.0. The molecule has 66 heavy (non-hydrogen) atoms. The van der Waals surface area contributed by atoms with Gasteiger partial charge in [0.1, 0.15) is 0 Å². The van der Waals surface area contributed by atoms with E-state index in [0.29, 0.717) is 5.82 Å². The van der Waals surface area contributed by atoms with Gasteiger partial charge in [-0.25, -0.2) is 15.0 Å². The molecular weight excluding hydrogens is 801 g/mol. The Morgan fingerprint density at radius 1 is 0.394 bits per heavy atom. The summed E-state index contributed by atoms with van der Waals surface area (Å²) in [7, 11) is 0. The van der Waals surface area contributed by atoms with E-state index in [0.717, 1.165) is 78.9 Å². The van der Waals surface area contributed by atoms with E-state index in [1.807, 2.05) is 6.07 Å². The number of allylic oxidation sites excluding steroid dienone is 6. The Balaban J connectivity index is 0.987. The van der Waals surface area contributed by atoms with Gasteiger partial charge in [-0.3, -0.25) is 0 Å². The maximum Gasteiger partial charge on any atom is 0.160 e. The van der Waals surface area contributed by atoms with E-state index in [-0.39, 0.29) is 0 Å². The van der Waals surface area contributed by atoms with Gasteiger partial charge < -0.3 is 4.57 Å².